The number of esters is 1. The summed E-state index contributed by atoms with van der Waals surface area (Å²) in [6.45, 7) is 12.2. The third kappa shape index (κ3) is 5.91. The number of carbonyl (C=O) groups is 1. The maximum atomic E-state index is 11.9. The normalized spacial score (nSPS) is 20.1. The molecule has 5 rings (SSSR count). The van der Waals surface area contributed by atoms with Crippen molar-refractivity contribution >= 4 is 23.0 Å². The Balaban J connectivity index is 1.17. The molecule has 2 atom stereocenters. The Morgan fingerprint density at radius 2 is 1.11 bits per heavy atom. The molecule has 0 unspecified atom stereocenters. The van der Waals surface area contributed by atoms with Gasteiger partial charge in [0, 0.05) is 56.3 Å². The molecule has 0 spiro atoms. The summed E-state index contributed by atoms with van der Waals surface area (Å²) >= 11 is 0. The molecule has 3 aromatic carbocycles. The molecule has 0 aromatic heterocycles. The molecule has 2 fully saturated rings. The maximum Gasteiger partial charge on any atom is 0.338 e. The molecule has 194 valence electrons. The van der Waals surface area contributed by atoms with Gasteiger partial charge in [-0.25, -0.2) is 4.79 Å². The highest BCUT2D eigenvalue weighted by molar-refractivity contribution is 5.89. The molecule has 2 aliphatic heterocycles. The van der Waals surface area contributed by atoms with E-state index in [0.717, 1.165) is 45.0 Å². The van der Waals surface area contributed by atoms with Crippen LogP contribution in [0.4, 0.5) is 17.1 Å². The van der Waals surface area contributed by atoms with Crippen molar-refractivity contribution < 1.29 is 14.3 Å². The van der Waals surface area contributed by atoms with Crippen molar-refractivity contribution in [2.75, 3.05) is 60.6 Å². The molecule has 2 aliphatic rings. The van der Waals surface area contributed by atoms with Crippen molar-refractivity contribution in [1.29, 1.82) is 0 Å². The van der Waals surface area contributed by atoms with Crippen LogP contribution in [-0.2, 0) is 9.47 Å². The molecular formula is C31H37N3O3. The zero-order valence-electron chi connectivity index (χ0n) is 22.1. The van der Waals surface area contributed by atoms with E-state index in [-0.39, 0.29) is 18.2 Å². The minimum Gasteiger partial charge on any atom is -0.462 e. The van der Waals surface area contributed by atoms with Crippen molar-refractivity contribution in [3.63, 3.8) is 0 Å². The van der Waals surface area contributed by atoms with Crippen molar-refractivity contribution in [3.05, 3.63) is 78.4 Å². The van der Waals surface area contributed by atoms with Gasteiger partial charge in [0.2, 0.25) is 0 Å². The molecule has 0 saturated carbocycles. The van der Waals surface area contributed by atoms with Crippen molar-refractivity contribution in [2.45, 2.75) is 33.0 Å². The van der Waals surface area contributed by atoms with E-state index in [1.165, 1.54) is 22.5 Å². The van der Waals surface area contributed by atoms with Crippen LogP contribution in [0.2, 0.25) is 0 Å². The molecule has 2 heterocycles. The second kappa shape index (κ2) is 11.3. The number of nitrogens with zero attached hydrogens (tertiary/aromatic N) is 3. The van der Waals surface area contributed by atoms with E-state index in [1.54, 1.807) is 0 Å². The van der Waals surface area contributed by atoms with Crippen LogP contribution in [0.15, 0.2) is 72.8 Å². The Bertz CT molecular complexity index is 1160. The van der Waals surface area contributed by atoms with E-state index in [1.807, 2.05) is 31.2 Å². The number of piperazine rings is 1. The van der Waals surface area contributed by atoms with Gasteiger partial charge >= 0.3 is 5.97 Å². The smallest absolute Gasteiger partial charge is 0.338 e. The summed E-state index contributed by atoms with van der Waals surface area (Å²) < 4.78 is 11.0. The van der Waals surface area contributed by atoms with Gasteiger partial charge in [-0.1, -0.05) is 24.3 Å². The Hall–Kier alpha value is -3.51. The molecule has 37 heavy (non-hydrogen) atoms. The van der Waals surface area contributed by atoms with E-state index in [4.69, 9.17) is 9.47 Å². The minimum atomic E-state index is -0.264. The Morgan fingerprint density at radius 1 is 0.703 bits per heavy atom. The number of morpholine rings is 1. The number of benzene rings is 3. The van der Waals surface area contributed by atoms with Gasteiger partial charge in [0.05, 0.1) is 24.4 Å². The van der Waals surface area contributed by atoms with Crippen LogP contribution in [-0.4, -0.2) is 64.1 Å². The maximum absolute atomic E-state index is 11.9. The first kappa shape index (κ1) is 25.2. The lowest BCUT2D eigenvalue weighted by Gasteiger charge is -2.37. The quantitative estimate of drug-likeness (QED) is 0.419. The van der Waals surface area contributed by atoms with Gasteiger partial charge in [0.25, 0.3) is 0 Å². The van der Waals surface area contributed by atoms with E-state index in [9.17, 15) is 4.79 Å². The van der Waals surface area contributed by atoms with Gasteiger partial charge in [0.15, 0.2) is 0 Å². The van der Waals surface area contributed by atoms with Gasteiger partial charge in [-0.3, -0.25) is 0 Å². The highest BCUT2D eigenvalue weighted by Crippen LogP contribution is 2.28. The van der Waals surface area contributed by atoms with Crippen LogP contribution < -0.4 is 14.7 Å². The first-order valence-corrected chi connectivity index (χ1v) is 13.4. The monoisotopic (exact) mass is 499 g/mol. The Kier molecular flexibility index (Phi) is 7.65. The van der Waals surface area contributed by atoms with Crippen LogP contribution in [0.25, 0.3) is 11.1 Å². The summed E-state index contributed by atoms with van der Waals surface area (Å²) in [6.07, 6.45) is 0.518. The topological polar surface area (TPSA) is 45.2 Å². The third-order valence-corrected chi connectivity index (χ3v) is 7.24. The van der Waals surface area contributed by atoms with Gasteiger partial charge in [-0.2, -0.15) is 0 Å². The lowest BCUT2D eigenvalue weighted by atomic mass is 10.0. The lowest BCUT2D eigenvalue weighted by molar-refractivity contribution is -0.00522. The molecule has 0 N–H and O–H groups in total. The zero-order valence-corrected chi connectivity index (χ0v) is 22.1. The second-order valence-corrected chi connectivity index (χ2v) is 10.00. The van der Waals surface area contributed by atoms with E-state index >= 15 is 0 Å². The molecular weight excluding hydrogens is 462 g/mol. The average Bonchev–Trinajstić information content (AvgIpc) is 2.93. The van der Waals surface area contributed by atoms with Gasteiger partial charge < -0.3 is 24.2 Å². The van der Waals surface area contributed by atoms with Crippen LogP contribution in [0, 0.1) is 0 Å². The standard InChI is InChI=1S/C31H37N3O3/c1-4-36-31(35)27-9-15-29(16-10-27)33-19-17-32(18-20-33)28-11-5-25(6-12-28)26-7-13-30(14-8-26)34-21-23(2)37-24(3)22-34/h5-16,23-24H,4,17-22H2,1-3H3/t23-,24+. The summed E-state index contributed by atoms with van der Waals surface area (Å²) in [5.41, 5.74) is 6.74. The SMILES string of the molecule is CCOC(=O)c1ccc(N2CCN(c3ccc(-c4ccc(N5C[C@@H](C)O[C@@H](C)C5)cc4)cc3)CC2)cc1. The first-order valence-electron chi connectivity index (χ1n) is 13.4. The van der Waals surface area contributed by atoms with E-state index in [2.05, 4.69) is 77.1 Å². The minimum absolute atomic E-state index is 0.259. The van der Waals surface area contributed by atoms with Crippen LogP contribution in [0.5, 0.6) is 0 Å². The van der Waals surface area contributed by atoms with Gasteiger partial charge in [0.1, 0.15) is 0 Å². The van der Waals surface area contributed by atoms with Crippen molar-refractivity contribution in [2.24, 2.45) is 0 Å². The Morgan fingerprint density at radius 3 is 1.54 bits per heavy atom. The average molecular weight is 500 g/mol. The highest BCUT2D eigenvalue weighted by atomic mass is 16.5. The van der Waals surface area contributed by atoms with Crippen LogP contribution in [0.3, 0.4) is 0 Å². The predicted octanol–water partition coefficient (Wildman–Crippen LogP) is 5.47. The fourth-order valence-electron chi connectivity index (χ4n) is 5.36. The van der Waals surface area contributed by atoms with Gasteiger partial charge in [-0.05, 0) is 80.4 Å². The summed E-state index contributed by atoms with van der Waals surface area (Å²) in [5, 5.41) is 0. The zero-order chi connectivity index (χ0) is 25.8. The number of carbonyl (C=O) groups excluding carboxylic acids is 1. The summed E-state index contributed by atoms with van der Waals surface area (Å²) in [6, 6.07) is 25.6. The Labute approximate surface area is 220 Å². The number of rotatable bonds is 6. The van der Waals surface area contributed by atoms with Crippen molar-refractivity contribution in [1.82, 2.24) is 0 Å². The molecule has 3 aromatic rings. The summed E-state index contributed by atoms with van der Waals surface area (Å²) in [7, 11) is 0. The fourth-order valence-corrected chi connectivity index (χ4v) is 5.36. The van der Waals surface area contributed by atoms with Gasteiger partial charge in [-0.15, -0.1) is 0 Å². The molecule has 6 nitrogen and oxygen atoms in total. The van der Waals surface area contributed by atoms with Crippen LogP contribution >= 0.6 is 0 Å². The number of anilines is 3. The molecule has 0 radical (unpaired) electrons. The molecule has 0 bridgehead atoms. The highest BCUT2D eigenvalue weighted by Gasteiger charge is 2.22. The summed E-state index contributed by atoms with van der Waals surface area (Å²) in [5.74, 6) is -0.264. The lowest BCUT2D eigenvalue weighted by Crippen LogP contribution is -2.46. The number of ether oxygens (including phenoxy) is 2. The molecule has 6 heteroatoms. The number of hydrogen-bond donors (Lipinski definition) is 0. The molecule has 2 saturated heterocycles. The molecule has 0 amide bonds. The first-order chi connectivity index (χ1) is 18.0. The second-order valence-electron chi connectivity index (χ2n) is 10.00. The summed E-state index contributed by atoms with van der Waals surface area (Å²) in [4.78, 5) is 19.1. The predicted molar refractivity (Wildman–Crippen MR) is 151 cm³/mol. The van der Waals surface area contributed by atoms with Crippen molar-refractivity contribution in [3.8, 4) is 11.1 Å². The van der Waals surface area contributed by atoms with E-state index in [0.29, 0.717) is 12.2 Å². The van der Waals surface area contributed by atoms with Crippen LogP contribution in [0.1, 0.15) is 31.1 Å². The fraction of sp³-hybridized carbons (Fsp3) is 0.387. The van der Waals surface area contributed by atoms with E-state index < -0.39 is 0 Å². The largest absolute Gasteiger partial charge is 0.462 e. The molecule has 0 aliphatic carbocycles. The number of hydrogen-bond acceptors (Lipinski definition) is 6. The third-order valence-electron chi connectivity index (χ3n) is 7.24.